The van der Waals surface area contributed by atoms with Crippen molar-refractivity contribution in [2.75, 3.05) is 20.1 Å². The average Bonchev–Trinajstić information content (AvgIpc) is 3.11. The number of nitrogens with zero attached hydrogens (tertiary/aromatic N) is 3. The summed E-state index contributed by atoms with van der Waals surface area (Å²) in [7, 11) is 2.23. The third kappa shape index (κ3) is 3.97. The number of aromatic nitrogens is 1. The summed E-state index contributed by atoms with van der Waals surface area (Å²) in [6.07, 6.45) is 7.52. The zero-order chi connectivity index (χ0) is 19.7. The largest absolute Gasteiger partial charge is 0.338 e. The van der Waals surface area contributed by atoms with Crippen molar-refractivity contribution in [1.82, 2.24) is 14.8 Å². The van der Waals surface area contributed by atoms with Gasteiger partial charge in [-0.15, -0.1) is 0 Å². The summed E-state index contributed by atoms with van der Waals surface area (Å²) in [6.45, 7) is 6.85. The van der Waals surface area contributed by atoms with Gasteiger partial charge in [-0.1, -0.05) is 29.7 Å². The number of pyridine rings is 1. The molecule has 1 amide bonds. The van der Waals surface area contributed by atoms with E-state index in [0.717, 1.165) is 36.3 Å². The van der Waals surface area contributed by atoms with Gasteiger partial charge < -0.3 is 4.90 Å². The summed E-state index contributed by atoms with van der Waals surface area (Å²) in [5.41, 5.74) is 4.42. The second-order valence-electron chi connectivity index (χ2n) is 8.79. The molecule has 28 heavy (non-hydrogen) atoms. The molecule has 0 N–H and O–H groups in total. The summed E-state index contributed by atoms with van der Waals surface area (Å²) in [5.74, 6) is 1.41. The van der Waals surface area contributed by atoms with Crippen LogP contribution in [0.3, 0.4) is 0 Å². The van der Waals surface area contributed by atoms with Crippen LogP contribution in [-0.4, -0.2) is 46.9 Å². The van der Waals surface area contributed by atoms with Crippen molar-refractivity contribution in [2.45, 2.75) is 45.7 Å². The average molecular weight is 378 g/mol. The van der Waals surface area contributed by atoms with Gasteiger partial charge in [0.15, 0.2) is 0 Å². The Bertz CT molecular complexity index is 815. The summed E-state index contributed by atoms with van der Waals surface area (Å²) in [4.78, 5) is 22.0. The Morgan fingerprint density at radius 2 is 1.96 bits per heavy atom. The number of carbonyl (C=O) groups is 1. The quantitative estimate of drug-likeness (QED) is 0.806. The Balaban J connectivity index is 1.47. The van der Waals surface area contributed by atoms with Crippen LogP contribution in [0.1, 0.15) is 46.3 Å². The maximum absolute atomic E-state index is 13.2. The first-order chi connectivity index (χ1) is 13.5. The first-order valence-corrected chi connectivity index (χ1v) is 10.5. The minimum absolute atomic E-state index is 0.204. The van der Waals surface area contributed by atoms with Gasteiger partial charge in [-0.05, 0) is 69.3 Å². The standard InChI is InChI=1S/C24H31N3O/c1-17-10-18(2)12-21(11-17)24(28)27-15-20-7-4-8-23(22(20)16-27)26(3)14-19-6-5-9-25-13-19/h5-6,9-13,20,22-23H,4,7-8,14-16H2,1-3H3/t20-,22-,23-/m0/s1. The molecule has 4 heteroatoms. The van der Waals surface area contributed by atoms with Gasteiger partial charge in [-0.25, -0.2) is 0 Å². The van der Waals surface area contributed by atoms with Crippen LogP contribution < -0.4 is 0 Å². The monoisotopic (exact) mass is 377 g/mol. The van der Waals surface area contributed by atoms with E-state index in [1.165, 1.54) is 24.8 Å². The van der Waals surface area contributed by atoms with E-state index in [1.807, 2.05) is 30.6 Å². The number of likely N-dealkylation sites (tertiary alicyclic amines) is 1. The molecule has 2 fully saturated rings. The van der Waals surface area contributed by atoms with Crippen LogP contribution in [0.2, 0.25) is 0 Å². The number of rotatable bonds is 4. The van der Waals surface area contributed by atoms with E-state index < -0.39 is 0 Å². The van der Waals surface area contributed by atoms with E-state index in [1.54, 1.807) is 0 Å². The Morgan fingerprint density at radius 3 is 2.68 bits per heavy atom. The molecule has 1 saturated heterocycles. The fourth-order valence-electron chi connectivity index (χ4n) is 5.33. The Hall–Kier alpha value is -2.20. The second-order valence-corrected chi connectivity index (χ2v) is 8.79. The summed E-state index contributed by atoms with van der Waals surface area (Å²) >= 11 is 0. The highest BCUT2D eigenvalue weighted by atomic mass is 16.2. The highest BCUT2D eigenvalue weighted by Gasteiger charge is 2.43. The van der Waals surface area contributed by atoms with Crippen molar-refractivity contribution < 1.29 is 4.79 Å². The number of carbonyl (C=O) groups excluding carboxylic acids is 1. The Morgan fingerprint density at radius 1 is 1.18 bits per heavy atom. The minimum Gasteiger partial charge on any atom is -0.338 e. The fourth-order valence-corrected chi connectivity index (χ4v) is 5.33. The first kappa shape index (κ1) is 19.1. The number of fused-ring (bicyclic) bond motifs is 1. The molecule has 148 valence electrons. The number of benzene rings is 1. The molecule has 2 heterocycles. The molecule has 1 aromatic heterocycles. The van der Waals surface area contributed by atoms with Crippen LogP contribution >= 0.6 is 0 Å². The van der Waals surface area contributed by atoms with E-state index in [2.05, 4.69) is 47.8 Å². The smallest absolute Gasteiger partial charge is 0.253 e. The molecule has 2 aromatic rings. The van der Waals surface area contributed by atoms with E-state index in [-0.39, 0.29) is 5.91 Å². The van der Waals surface area contributed by atoms with Crippen molar-refractivity contribution in [2.24, 2.45) is 11.8 Å². The molecule has 0 spiro atoms. The van der Waals surface area contributed by atoms with Crippen molar-refractivity contribution in [3.05, 3.63) is 65.0 Å². The molecule has 1 aliphatic carbocycles. The van der Waals surface area contributed by atoms with E-state index >= 15 is 0 Å². The maximum Gasteiger partial charge on any atom is 0.253 e. The third-order valence-corrected chi connectivity index (χ3v) is 6.54. The van der Waals surface area contributed by atoms with Gasteiger partial charge in [0.05, 0.1) is 0 Å². The molecule has 2 aliphatic rings. The molecule has 1 saturated carbocycles. The molecule has 4 nitrogen and oxygen atoms in total. The molecular formula is C24H31N3O. The Kier molecular flexibility index (Phi) is 5.49. The van der Waals surface area contributed by atoms with Crippen LogP contribution in [0.4, 0.5) is 0 Å². The van der Waals surface area contributed by atoms with Gasteiger partial charge in [0, 0.05) is 43.6 Å². The minimum atomic E-state index is 0.204. The molecule has 3 atom stereocenters. The van der Waals surface area contributed by atoms with Crippen LogP contribution in [0, 0.1) is 25.7 Å². The van der Waals surface area contributed by atoms with Gasteiger partial charge in [0.2, 0.25) is 0 Å². The van der Waals surface area contributed by atoms with Gasteiger partial charge in [0.1, 0.15) is 0 Å². The first-order valence-electron chi connectivity index (χ1n) is 10.5. The zero-order valence-corrected chi connectivity index (χ0v) is 17.3. The lowest BCUT2D eigenvalue weighted by molar-refractivity contribution is 0.0770. The highest BCUT2D eigenvalue weighted by molar-refractivity contribution is 5.94. The van der Waals surface area contributed by atoms with Crippen LogP contribution in [0.15, 0.2) is 42.7 Å². The van der Waals surface area contributed by atoms with Crippen molar-refractivity contribution in [1.29, 1.82) is 0 Å². The third-order valence-electron chi connectivity index (χ3n) is 6.54. The topological polar surface area (TPSA) is 36.4 Å². The summed E-state index contributed by atoms with van der Waals surface area (Å²) in [5, 5.41) is 0. The van der Waals surface area contributed by atoms with Crippen LogP contribution in [0.25, 0.3) is 0 Å². The summed E-state index contributed by atoms with van der Waals surface area (Å²) < 4.78 is 0. The molecule has 1 aliphatic heterocycles. The van der Waals surface area contributed by atoms with E-state index in [9.17, 15) is 4.79 Å². The summed E-state index contributed by atoms with van der Waals surface area (Å²) in [6, 6.07) is 10.9. The van der Waals surface area contributed by atoms with Crippen LogP contribution in [0.5, 0.6) is 0 Å². The van der Waals surface area contributed by atoms with E-state index in [4.69, 9.17) is 0 Å². The predicted octanol–water partition coefficient (Wildman–Crippen LogP) is 4.07. The highest BCUT2D eigenvalue weighted by Crippen LogP contribution is 2.39. The van der Waals surface area contributed by atoms with Crippen molar-refractivity contribution >= 4 is 5.91 Å². The number of amides is 1. The van der Waals surface area contributed by atoms with Gasteiger partial charge in [-0.3, -0.25) is 14.7 Å². The molecule has 1 aromatic carbocycles. The zero-order valence-electron chi connectivity index (χ0n) is 17.3. The number of hydrogen-bond donors (Lipinski definition) is 0. The number of aryl methyl sites for hydroxylation is 2. The SMILES string of the molecule is Cc1cc(C)cc(C(=O)N2C[C@@H]3CCC[C@H](N(C)Cc4cccnc4)[C@H]3C2)c1. The van der Waals surface area contributed by atoms with Crippen LogP contribution in [-0.2, 0) is 6.54 Å². The maximum atomic E-state index is 13.2. The number of hydrogen-bond acceptors (Lipinski definition) is 3. The lowest BCUT2D eigenvalue weighted by Crippen LogP contribution is -2.43. The second kappa shape index (κ2) is 8.04. The van der Waals surface area contributed by atoms with Gasteiger partial charge >= 0.3 is 0 Å². The van der Waals surface area contributed by atoms with Gasteiger partial charge in [-0.2, -0.15) is 0 Å². The van der Waals surface area contributed by atoms with E-state index in [0.29, 0.717) is 17.9 Å². The molecule has 0 radical (unpaired) electrons. The molecule has 0 bridgehead atoms. The molecule has 0 unspecified atom stereocenters. The van der Waals surface area contributed by atoms with Crippen molar-refractivity contribution in [3.63, 3.8) is 0 Å². The molecular weight excluding hydrogens is 346 g/mol. The fraction of sp³-hybridized carbons (Fsp3) is 0.500. The van der Waals surface area contributed by atoms with Crippen molar-refractivity contribution in [3.8, 4) is 0 Å². The predicted molar refractivity (Wildman–Crippen MR) is 112 cm³/mol. The lowest BCUT2D eigenvalue weighted by atomic mass is 9.77. The Labute approximate surface area is 168 Å². The molecule has 4 rings (SSSR count). The normalized spacial score (nSPS) is 24.4. The lowest BCUT2D eigenvalue weighted by Gasteiger charge is -2.39. The van der Waals surface area contributed by atoms with Gasteiger partial charge in [0.25, 0.3) is 5.91 Å².